The van der Waals surface area contributed by atoms with E-state index in [1.54, 1.807) is 35.0 Å². The fraction of sp³-hybridized carbons (Fsp3) is 0.150. The van der Waals surface area contributed by atoms with Gasteiger partial charge in [0.2, 0.25) is 0 Å². The summed E-state index contributed by atoms with van der Waals surface area (Å²) in [5, 5.41) is 21.3. The van der Waals surface area contributed by atoms with Crippen molar-refractivity contribution in [3.63, 3.8) is 0 Å². The van der Waals surface area contributed by atoms with Gasteiger partial charge in [0, 0.05) is 10.6 Å². The molecule has 3 heterocycles. The Labute approximate surface area is 170 Å². The van der Waals surface area contributed by atoms with E-state index in [1.807, 2.05) is 24.4 Å². The van der Waals surface area contributed by atoms with Crippen LogP contribution in [0.25, 0.3) is 0 Å². The van der Waals surface area contributed by atoms with Crippen molar-refractivity contribution in [3.05, 3.63) is 70.2 Å². The third-order valence-corrected chi connectivity index (χ3v) is 5.31. The molecular weight excluding hydrogens is 392 g/mol. The summed E-state index contributed by atoms with van der Waals surface area (Å²) >= 11 is 1.49. The number of nitrogens with zero attached hydrogens (tertiary/aromatic N) is 2. The number of ether oxygens (including phenoxy) is 1. The molecule has 4 rings (SSSR count). The molecule has 1 aliphatic rings. The molecule has 1 amide bonds. The number of anilines is 2. The quantitative estimate of drug-likeness (QED) is 0.574. The lowest BCUT2D eigenvalue weighted by molar-refractivity contribution is -0.132. The topological polar surface area (TPSA) is 105 Å². The van der Waals surface area contributed by atoms with Gasteiger partial charge in [0.1, 0.15) is 28.9 Å². The van der Waals surface area contributed by atoms with E-state index in [4.69, 9.17) is 4.74 Å². The summed E-state index contributed by atoms with van der Waals surface area (Å²) in [5.41, 5.74) is 0.858. The lowest BCUT2D eigenvalue weighted by Gasteiger charge is -2.23. The molecule has 3 aromatic rings. The minimum absolute atomic E-state index is 0.00603. The van der Waals surface area contributed by atoms with Crippen LogP contribution in [0.1, 0.15) is 28.2 Å². The third kappa shape index (κ3) is 3.72. The van der Waals surface area contributed by atoms with Gasteiger partial charge in [0.25, 0.3) is 5.91 Å². The summed E-state index contributed by atoms with van der Waals surface area (Å²) in [6.45, 7) is 2.46. The first-order valence-electron chi connectivity index (χ1n) is 8.94. The van der Waals surface area contributed by atoms with Crippen molar-refractivity contribution >= 4 is 34.7 Å². The molecular formula is C20H18N4O4S. The van der Waals surface area contributed by atoms with Crippen molar-refractivity contribution in [1.29, 1.82) is 0 Å². The number of allylic oxidation sites excluding steroid dienone is 1. The number of carbonyl (C=O) groups excluding carboxylic acids is 1. The summed E-state index contributed by atoms with van der Waals surface area (Å²) in [6, 6.07) is 10.4. The van der Waals surface area contributed by atoms with Gasteiger partial charge in [0.05, 0.1) is 12.8 Å². The smallest absolute Gasteiger partial charge is 0.352 e. The Morgan fingerprint density at radius 2 is 2.10 bits per heavy atom. The number of rotatable bonds is 6. The number of aromatic nitrogens is 2. The molecule has 9 heteroatoms. The van der Waals surface area contributed by atoms with Crippen molar-refractivity contribution in [2.75, 3.05) is 17.2 Å². The van der Waals surface area contributed by atoms with Gasteiger partial charge >= 0.3 is 5.97 Å². The molecule has 1 atom stereocenters. The Kier molecular flexibility index (Phi) is 5.05. The number of carboxylic acid groups (broad SMARTS) is 1. The highest BCUT2D eigenvalue weighted by Gasteiger charge is 2.29. The average Bonchev–Trinajstić information content (AvgIpc) is 3.39. The SMILES string of the molecule is CCOc1ccc(NC(=O)c2cnn3c2NC(C(=O)O)=C[C@@H]3c2cccs2)cc1. The Morgan fingerprint density at radius 1 is 1.31 bits per heavy atom. The Morgan fingerprint density at radius 3 is 2.76 bits per heavy atom. The van der Waals surface area contributed by atoms with Crippen molar-refractivity contribution in [2.24, 2.45) is 0 Å². The van der Waals surface area contributed by atoms with E-state index in [9.17, 15) is 14.7 Å². The molecule has 0 bridgehead atoms. The van der Waals surface area contributed by atoms with Gasteiger partial charge in [0.15, 0.2) is 0 Å². The van der Waals surface area contributed by atoms with Gasteiger partial charge in [-0.2, -0.15) is 5.10 Å². The highest BCUT2D eigenvalue weighted by atomic mass is 32.1. The molecule has 0 radical (unpaired) electrons. The Hall–Kier alpha value is -3.59. The number of hydrogen-bond donors (Lipinski definition) is 3. The van der Waals surface area contributed by atoms with Crippen LogP contribution in [0.2, 0.25) is 0 Å². The standard InChI is InChI=1S/C20H18N4O4S/c1-2-28-13-7-5-12(6-8-13)22-19(25)14-11-21-24-16(17-4-3-9-29-17)10-15(20(26)27)23-18(14)24/h3-11,16,23H,2H2,1H3,(H,22,25)(H,26,27)/t16-/m1/s1. The highest BCUT2D eigenvalue weighted by molar-refractivity contribution is 7.10. The number of carboxylic acids is 1. The second kappa shape index (κ2) is 7.80. The summed E-state index contributed by atoms with van der Waals surface area (Å²) in [4.78, 5) is 25.3. The normalized spacial score (nSPS) is 15.1. The monoisotopic (exact) mass is 410 g/mol. The maximum atomic E-state index is 12.8. The number of thiophene rings is 1. The molecule has 8 nitrogen and oxygen atoms in total. The zero-order valence-electron chi connectivity index (χ0n) is 15.5. The van der Waals surface area contributed by atoms with Gasteiger partial charge < -0.3 is 20.5 Å². The van der Waals surface area contributed by atoms with Crippen LogP contribution in [0.5, 0.6) is 5.75 Å². The second-order valence-electron chi connectivity index (χ2n) is 6.23. The zero-order valence-corrected chi connectivity index (χ0v) is 16.3. The molecule has 0 unspecified atom stereocenters. The van der Waals surface area contributed by atoms with E-state index in [0.29, 0.717) is 23.9 Å². The van der Waals surface area contributed by atoms with E-state index in [-0.39, 0.29) is 17.2 Å². The van der Waals surface area contributed by atoms with Crippen molar-refractivity contribution < 1.29 is 19.4 Å². The van der Waals surface area contributed by atoms with E-state index in [2.05, 4.69) is 15.7 Å². The van der Waals surface area contributed by atoms with E-state index < -0.39 is 12.0 Å². The molecule has 2 aromatic heterocycles. The van der Waals surface area contributed by atoms with Crippen LogP contribution in [0, 0.1) is 0 Å². The first-order valence-corrected chi connectivity index (χ1v) is 9.82. The third-order valence-electron chi connectivity index (χ3n) is 4.37. The molecule has 1 aliphatic heterocycles. The number of nitrogens with one attached hydrogen (secondary N) is 2. The predicted octanol–water partition coefficient (Wildman–Crippen LogP) is 3.58. The molecule has 0 saturated heterocycles. The van der Waals surface area contributed by atoms with Gasteiger partial charge in [-0.25, -0.2) is 9.48 Å². The van der Waals surface area contributed by atoms with E-state index >= 15 is 0 Å². The largest absolute Gasteiger partial charge is 0.494 e. The van der Waals surface area contributed by atoms with Crippen LogP contribution in [0.4, 0.5) is 11.5 Å². The maximum absolute atomic E-state index is 12.8. The molecule has 148 valence electrons. The first kappa shape index (κ1) is 18.8. The second-order valence-corrected chi connectivity index (χ2v) is 7.21. The maximum Gasteiger partial charge on any atom is 0.352 e. The van der Waals surface area contributed by atoms with Crippen LogP contribution in [-0.2, 0) is 4.79 Å². The molecule has 3 N–H and O–H groups in total. The van der Waals surface area contributed by atoms with Crippen molar-refractivity contribution in [1.82, 2.24) is 9.78 Å². The summed E-state index contributed by atoms with van der Waals surface area (Å²) in [7, 11) is 0. The molecule has 29 heavy (non-hydrogen) atoms. The fourth-order valence-electron chi connectivity index (χ4n) is 3.05. The number of fused-ring (bicyclic) bond motifs is 1. The van der Waals surface area contributed by atoms with Crippen LogP contribution in [-0.4, -0.2) is 33.4 Å². The van der Waals surface area contributed by atoms with E-state index in [0.717, 1.165) is 4.88 Å². The number of carbonyl (C=O) groups is 2. The average molecular weight is 410 g/mol. The molecule has 0 spiro atoms. The van der Waals surface area contributed by atoms with Crippen LogP contribution in [0.15, 0.2) is 59.7 Å². The van der Waals surface area contributed by atoms with E-state index in [1.165, 1.54) is 17.5 Å². The Balaban J connectivity index is 1.62. The summed E-state index contributed by atoms with van der Waals surface area (Å²) < 4.78 is 7.01. The van der Waals surface area contributed by atoms with Crippen molar-refractivity contribution in [2.45, 2.75) is 13.0 Å². The minimum atomic E-state index is -1.10. The summed E-state index contributed by atoms with van der Waals surface area (Å²) in [5.74, 6) is -0.437. The molecule has 0 aliphatic carbocycles. The molecule has 1 aromatic carbocycles. The molecule has 0 fully saturated rings. The Bertz CT molecular complexity index is 1070. The predicted molar refractivity (Wildman–Crippen MR) is 110 cm³/mol. The van der Waals surface area contributed by atoms with Crippen molar-refractivity contribution in [3.8, 4) is 5.75 Å². The fourth-order valence-corrected chi connectivity index (χ4v) is 3.83. The number of aliphatic carboxylic acids is 1. The lowest BCUT2D eigenvalue weighted by atomic mass is 10.1. The number of benzene rings is 1. The van der Waals surface area contributed by atoms with Gasteiger partial charge in [-0.05, 0) is 48.7 Å². The summed E-state index contributed by atoms with van der Waals surface area (Å²) in [6.07, 6.45) is 3.02. The zero-order chi connectivity index (χ0) is 20.4. The van der Waals surface area contributed by atoms with Crippen LogP contribution < -0.4 is 15.4 Å². The lowest BCUT2D eigenvalue weighted by Crippen LogP contribution is -2.25. The van der Waals surface area contributed by atoms with Gasteiger partial charge in [-0.1, -0.05) is 6.07 Å². The first-order chi connectivity index (χ1) is 14.1. The van der Waals surface area contributed by atoms with Gasteiger partial charge in [-0.15, -0.1) is 11.3 Å². The van der Waals surface area contributed by atoms with Gasteiger partial charge in [-0.3, -0.25) is 4.79 Å². The molecule has 0 saturated carbocycles. The van der Waals surface area contributed by atoms with Crippen LogP contribution >= 0.6 is 11.3 Å². The number of hydrogen-bond acceptors (Lipinski definition) is 6. The van der Waals surface area contributed by atoms with Crippen LogP contribution in [0.3, 0.4) is 0 Å². The minimum Gasteiger partial charge on any atom is -0.494 e. The highest BCUT2D eigenvalue weighted by Crippen LogP contribution is 2.34. The number of amides is 1.